The number of rotatable bonds is 2. The molecule has 1 heterocycles. The summed E-state index contributed by atoms with van der Waals surface area (Å²) in [5, 5.41) is 0. The van der Waals surface area contributed by atoms with E-state index in [2.05, 4.69) is 0 Å². The largest absolute Gasteiger partial charge is 0.450 e. The molecule has 0 N–H and O–H groups in total. The molecule has 0 saturated carbocycles. The molecule has 1 fully saturated rings. The van der Waals surface area contributed by atoms with Crippen LogP contribution in [0.4, 0.5) is 4.79 Å². The van der Waals surface area contributed by atoms with Gasteiger partial charge in [0, 0.05) is 0 Å². The van der Waals surface area contributed by atoms with Gasteiger partial charge in [-0.1, -0.05) is 30.3 Å². The number of carbonyl (C=O) groups excluding carboxylic acids is 1. The third kappa shape index (κ3) is 3.01. The van der Waals surface area contributed by atoms with Gasteiger partial charge in [0.15, 0.2) is 0 Å². The van der Waals surface area contributed by atoms with Gasteiger partial charge >= 0.3 is 6.09 Å². The minimum absolute atomic E-state index is 0.0216. The number of hydrogen-bond acceptors (Lipinski definition) is 3. The molecule has 0 aromatic heterocycles. The Bertz CT molecular complexity index is 393. The lowest BCUT2D eigenvalue weighted by atomic mass is 10.1. The summed E-state index contributed by atoms with van der Waals surface area (Å²) in [7, 11) is 0. The summed E-state index contributed by atoms with van der Waals surface area (Å²) in [4.78, 5) is 13.5. The SMILES string of the molecule is CCOC(=O)N1CC(C)OC(c2ccccc2)C1. The molecule has 2 rings (SSSR count). The molecular weight excluding hydrogens is 230 g/mol. The topological polar surface area (TPSA) is 38.8 Å². The van der Waals surface area contributed by atoms with Gasteiger partial charge < -0.3 is 14.4 Å². The Morgan fingerprint density at radius 2 is 2.11 bits per heavy atom. The van der Waals surface area contributed by atoms with E-state index >= 15 is 0 Å². The molecule has 1 aliphatic rings. The Hall–Kier alpha value is -1.55. The van der Waals surface area contributed by atoms with E-state index < -0.39 is 0 Å². The maximum absolute atomic E-state index is 11.8. The van der Waals surface area contributed by atoms with E-state index in [0.717, 1.165) is 5.56 Å². The van der Waals surface area contributed by atoms with Gasteiger partial charge in [0.1, 0.15) is 6.10 Å². The Morgan fingerprint density at radius 3 is 2.78 bits per heavy atom. The minimum Gasteiger partial charge on any atom is -0.450 e. The molecular formula is C14H19NO3. The number of benzene rings is 1. The second kappa shape index (κ2) is 5.87. The second-order valence-corrected chi connectivity index (χ2v) is 4.45. The molecule has 2 atom stereocenters. The molecule has 0 aliphatic carbocycles. The third-order valence-corrected chi connectivity index (χ3v) is 2.96. The lowest BCUT2D eigenvalue weighted by molar-refractivity contribution is -0.0738. The highest BCUT2D eigenvalue weighted by Gasteiger charge is 2.29. The van der Waals surface area contributed by atoms with Crippen molar-refractivity contribution in [1.82, 2.24) is 4.90 Å². The van der Waals surface area contributed by atoms with Gasteiger partial charge in [0.25, 0.3) is 0 Å². The van der Waals surface area contributed by atoms with Crippen LogP contribution < -0.4 is 0 Å². The molecule has 4 nitrogen and oxygen atoms in total. The molecule has 1 aromatic carbocycles. The van der Waals surface area contributed by atoms with E-state index in [1.165, 1.54) is 0 Å². The van der Waals surface area contributed by atoms with Crippen molar-refractivity contribution in [1.29, 1.82) is 0 Å². The molecule has 1 aliphatic heterocycles. The van der Waals surface area contributed by atoms with Crippen molar-refractivity contribution in [3.63, 3.8) is 0 Å². The zero-order chi connectivity index (χ0) is 13.0. The lowest BCUT2D eigenvalue weighted by Gasteiger charge is -2.36. The molecule has 1 aromatic rings. The molecule has 4 heteroatoms. The standard InChI is InChI=1S/C14H19NO3/c1-3-17-14(16)15-9-11(2)18-13(10-15)12-7-5-4-6-8-12/h4-8,11,13H,3,9-10H2,1-2H3. The van der Waals surface area contributed by atoms with Gasteiger partial charge in [-0.05, 0) is 19.4 Å². The van der Waals surface area contributed by atoms with Crippen molar-refractivity contribution in [3.8, 4) is 0 Å². The van der Waals surface area contributed by atoms with Crippen molar-refractivity contribution in [3.05, 3.63) is 35.9 Å². The summed E-state index contributed by atoms with van der Waals surface area (Å²) in [6.07, 6.45) is -0.304. The fourth-order valence-electron chi connectivity index (χ4n) is 2.17. The number of hydrogen-bond donors (Lipinski definition) is 0. The van der Waals surface area contributed by atoms with Crippen LogP contribution in [0, 0.1) is 0 Å². The van der Waals surface area contributed by atoms with E-state index in [1.807, 2.05) is 44.2 Å². The van der Waals surface area contributed by atoms with E-state index in [0.29, 0.717) is 19.7 Å². The summed E-state index contributed by atoms with van der Waals surface area (Å²) in [6.45, 7) is 5.33. The number of morpholine rings is 1. The van der Waals surface area contributed by atoms with Gasteiger partial charge in [-0.3, -0.25) is 0 Å². The summed E-state index contributed by atoms with van der Waals surface area (Å²) in [5.74, 6) is 0. The van der Waals surface area contributed by atoms with E-state index in [1.54, 1.807) is 4.90 Å². The maximum atomic E-state index is 11.8. The Labute approximate surface area is 107 Å². The maximum Gasteiger partial charge on any atom is 0.409 e. The smallest absolute Gasteiger partial charge is 0.409 e. The van der Waals surface area contributed by atoms with Crippen molar-refractivity contribution in [2.75, 3.05) is 19.7 Å². The first-order valence-electron chi connectivity index (χ1n) is 6.32. The zero-order valence-corrected chi connectivity index (χ0v) is 10.8. The van der Waals surface area contributed by atoms with Crippen LogP contribution in [-0.2, 0) is 9.47 Å². The zero-order valence-electron chi connectivity index (χ0n) is 10.8. The summed E-state index contributed by atoms with van der Waals surface area (Å²) in [5.41, 5.74) is 1.10. The molecule has 0 bridgehead atoms. The van der Waals surface area contributed by atoms with Gasteiger partial charge in [0.05, 0.1) is 25.8 Å². The van der Waals surface area contributed by atoms with Crippen molar-refractivity contribution in [2.24, 2.45) is 0 Å². The van der Waals surface area contributed by atoms with Crippen LogP contribution in [-0.4, -0.2) is 36.8 Å². The number of carbonyl (C=O) groups is 1. The fraction of sp³-hybridized carbons (Fsp3) is 0.500. The summed E-state index contributed by atoms with van der Waals surface area (Å²) < 4.78 is 10.9. The van der Waals surface area contributed by atoms with Crippen LogP contribution in [0.3, 0.4) is 0 Å². The van der Waals surface area contributed by atoms with Crippen molar-refractivity contribution in [2.45, 2.75) is 26.1 Å². The van der Waals surface area contributed by atoms with Gasteiger partial charge in [-0.15, -0.1) is 0 Å². The highest BCUT2D eigenvalue weighted by molar-refractivity contribution is 5.67. The fourth-order valence-corrected chi connectivity index (χ4v) is 2.17. The first-order chi connectivity index (χ1) is 8.70. The van der Waals surface area contributed by atoms with Crippen molar-refractivity contribution < 1.29 is 14.3 Å². The highest BCUT2D eigenvalue weighted by Crippen LogP contribution is 2.25. The van der Waals surface area contributed by atoms with Gasteiger partial charge in [-0.25, -0.2) is 4.79 Å². The summed E-state index contributed by atoms with van der Waals surface area (Å²) >= 11 is 0. The highest BCUT2D eigenvalue weighted by atomic mass is 16.6. The quantitative estimate of drug-likeness (QED) is 0.808. The third-order valence-electron chi connectivity index (χ3n) is 2.96. The van der Waals surface area contributed by atoms with E-state index in [4.69, 9.17) is 9.47 Å². The number of ether oxygens (including phenoxy) is 2. The molecule has 2 unspecified atom stereocenters. The van der Waals surface area contributed by atoms with Crippen LogP contribution >= 0.6 is 0 Å². The van der Waals surface area contributed by atoms with Crippen LogP contribution in [0.5, 0.6) is 0 Å². The van der Waals surface area contributed by atoms with Crippen LogP contribution in [0.1, 0.15) is 25.5 Å². The van der Waals surface area contributed by atoms with Crippen LogP contribution in [0.15, 0.2) is 30.3 Å². The monoisotopic (exact) mass is 249 g/mol. The first-order valence-corrected chi connectivity index (χ1v) is 6.32. The average Bonchev–Trinajstić information content (AvgIpc) is 2.39. The van der Waals surface area contributed by atoms with Crippen LogP contribution in [0.25, 0.3) is 0 Å². The molecule has 0 spiro atoms. The van der Waals surface area contributed by atoms with Gasteiger partial charge in [0.2, 0.25) is 0 Å². The first kappa shape index (κ1) is 12.9. The Morgan fingerprint density at radius 1 is 1.39 bits per heavy atom. The molecule has 18 heavy (non-hydrogen) atoms. The lowest BCUT2D eigenvalue weighted by Crippen LogP contribution is -2.46. The number of nitrogens with zero attached hydrogens (tertiary/aromatic N) is 1. The summed E-state index contributed by atoms with van der Waals surface area (Å²) in [6, 6.07) is 9.97. The molecule has 1 amide bonds. The van der Waals surface area contributed by atoms with Gasteiger partial charge in [-0.2, -0.15) is 0 Å². The second-order valence-electron chi connectivity index (χ2n) is 4.45. The molecule has 98 valence electrons. The average molecular weight is 249 g/mol. The molecule has 1 saturated heterocycles. The van der Waals surface area contributed by atoms with Crippen LogP contribution in [0.2, 0.25) is 0 Å². The predicted octanol–water partition coefficient (Wildman–Crippen LogP) is 2.60. The Balaban J connectivity index is 2.07. The van der Waals surface area contributed by atoms with E-state index in [9.17, 15) is 4.79 Å². The molecule has 0 radical (unpaired) electrons. The predicted molar refractivity (Wildman–Crippen MR) is 68.3 cm³/mol. The minimum atomic E-state index is -0.256. The normalized spacial score (nSPS) is 23.8. The Kier molecular flexibility index (Phi) is 4.20. The van der Waals surface area contributed by atoms with E-state index in [-0.39, 0.29) is 18.3 Å². The van der Waals surface area contributed by atoms with Crippen molar-refractivity contribution >= 4 is 6.09 Å². The number of amides is 1.